The number of carbonyl (C=O) groups is 1. The summed E-state index contributed by atoms with van der Waals surface area (Å²) in [6, 6.07) is 10.7. The molecule has 1 unspecified atom stereocenters. The first-order valence-corrected chi connectivity index (χ1v) is 9.34. The molecule has 0 aromatic heterocycles. The van der Waals surface area contributed by atoms with Gasteiger partial charge in [0.15, 0.2) is 11.5 Å². The lowest BCUT2D eigenvalue weighted by Crippen LogP contribution is -2.34. The molecular weight excluding hydrogens is 387 g/mol. The lowest BCUT2D eigenvalue weighted by Gasteiger charge is -2.26. The predicted molar refractivity (Wildman–Crippen MR) is 109 cm³/mol. The molecule has 0 heterocycles. The Kier molecular flexibility index (Phi) is 7.78. The Hall–Kier alpha value is -1.95. The first-order valence-electron chi connectivity index (χ1n) is 8.58. The zero-order valence-electron chi connectivity index (χ0n) is 15.9. The number of nitrogens with zero attached hydrogens (tertiary/aromatic N) is 1. The van der Waals surface area contributed by atoms with Crippen molar-refractivity contribution in [3.8, 4) is 11.5 Å². The summed E-state index contributed by atoms with van der Waals surface area (Å²) in [6.45, 7) is 2.69. The monoisotopic (exact) mass is 410 g/mol. The maximum atomic E-state index is 12.7. The molecule has 0 saturated carbocycles. The van der Waals surface area contributed by atoms with E-state index in [2.05, 4.69) is 5.32 Å². The molecule has 7 heteroatoms. The van der Waals surface area contributed by atoms with E-state index < -0.39 is 0 Å². The van der Waals surface area contributed by atoms with E-state index in [-0.39, 0.29) is 11.9 Å². The zero-order chi connectivity index (χ0) is 20.0. The van der Waals surface area contributed by atoms with Gasteiger partial charge >= 0.3 is 0 Å². The molecule has 1 atom stereocenters. The van der Waals surface area contributed by atoms with Gasteiger partial charge in [0.2, 0.25) is 0 Å². The maximum absolute atomic E-state index is 12.7. The van der Waals surface area contributed by atoms with Gasteiger partial charge in [0.1, 0.15) is 0 Å². The van der Waals surface area contributed by atoms with Crippen molar-refractivity contribution >= 4 is 29.1 Å². The molecule has 0 bridgehead atoms. The number of halogens is 2. The normalized spacial score (nSPS) is 12.0. The van der Waals surface area contributed by atoms with Gasteiger partial charge in [-0.05, 0) is 44.8 Å². The molecule has 0 saturated heterocycles. The van der Waals surface area contributed by atoms with Crippen molar-refractivity contribution in [2.45, 2.75) is 13.0 Å². The molecule has 0 aliphatic carbocycles. The van der Waals surface area contributed by atoms with E-state index >= 15 is 0 Å². The third kappa shape index (κ3) is 5.28. The van der Waals surface area contributed by atoms with Gasteiger partial charge in [0.25, 0.3) is 5.91 Å². The van der Waals surface area contributed by atoms with E-state index in [0.29, 0.717) is 40.3 Å². The van der Waals surface area contributed by atoms with Crippen molar-refractivity contribution < 1.29 is 14.3 Å². The highest BCUT2D eigenvalue weighted by Crippen LogP contribution is 2.36. The first kappa shape index (κ1) is 21.4. The lowest BCUT2D eigenvalue weighted by atomic mass is 10.1. The van der Waals surface area contributed by atoms with Crippen LogP contribution in [0, 0.1) is 0 Å². The van der Waals surface area contributed by atoms with Gasteiger partial charge in [0, 0.05) is 17.1 Å². The van der Waals surface area contributed by atoms with Gasteiger partial charge in [-0.25, -0.2) is 0 Å². The largest absolute Gasteiger partial charge is 0.493 e. The summed E-state index contributed by atoms with van der Waals surface area (Å²) >= 11 is 12.6. The molecule has 0 fully saturated rings. The maximum Gasteiger partial charge on any atom is 0.251 e. The van der Waals surface area contributed by atoms with Crippen molar-refractivity contribution in [3.05, 3.63) is 57.6 Å². The summed E-state index contributed by atoms with van der Waals surface area (Å²) in [5.74, 6) is 0.599. The molecule has 0 radical (unpaired) electrons. The predicted octanol–water partition coefficient (Wildman–Crippen LogP) is 4.43. The van der Waals surface area contributed by atoms with Gasteiger partial charge < -0.3 is 19.7 Å². The van der Waals surface area contributed by atoms with E-state index in [0.717, 1.165) is 5.56 Å². The van der Waals surface area contributed by atoms with Crippen molar-refractivity contribution in [1.29, 1.82) is 0 Å². The average molecular weight is 411 g/mol. The minimum atomic E-state index is -0.253. The minimum absolute atomic E-state index is 0.0669. The number of ether oxygens (including phenoxy) is 2. The van der Waals surface area contributed by atoms with Crippen LogP contribution in [0.15, 0.2) is 36.4 Å². The minimum Gasteiger partial charge on any atom is -0.493 e. The van der Waals surface area contributed by atoms with E-state index in [1.165, 1.54) is 7.11 Å². The Morgan fingerprint density at radius 3 is 2.48 bits per heavy atom. The Labute approximate surface area is 170 Å². The number of rotatable bonds is 8. The van der Waals surface area contributed by atoms with Gasteiger partial charge in [0.05, 0.1) is 24.8 Å². The van der Waals surface area contributed by atoms with Crippen LogP contribution in [0.2, 0.25) is 10.0 Å². The number of amides is 1. The third-order valence-corrected chi connectivity index (χ3v) is 4.75. The summed E-state index contributed by atoms with van der Waals surface area (Å²) in [7, 11) is 5.39. The van der Waals surface area contributed by atoms with Crippen LogP contribution in [0.3, 0.4) is 0 Å². The fraction of sp³-hybridized carbons (Fsp3) is 0.350. The number of benzene rings is 2. The number of hydrogen-bond donors (Lipinski definition) is 1. The molecule has 2 rings (SSSR count). The second-order valence-electron chi connectivity index (χ2n) is 6.13. The van der Waals surface area contributed by atoms with Crippen LogP contribution >= 0.6 is 23.2 Å². The summed E-state index contributed by atoms with van der Waals surface area (Å²) in [6.07, 6.45) is 0. The number of hydrogen-bond acceptors (Lipinski definition) is 4. The molecule has 0 aliphatic heterocycles. The van der Waals surface area contributed by atoms with Gasteiger partial charge in [-0.3, -0.25) is 4.79 Å². The Bertz CT molecular complexity index is 797. The van der Waals surface area contributed by atoms with Crippen LogP contribution < -0.4 is 14.8 Å². The fourth-order valence-corrected chi connectivity index (χ4v) is 3.27. The Balaban J connectivity index is 2.19. The standard InChI is InChI=1S/C20H24Cl2N2O3/c1-5-27-19-16(22)10-13(11-18(19)26-4)20(25)23-12-17(24(2)3)14-8-6-7-9-15(14)21/h6-11,17H,5,12H2,1-4H3,(H,23,25). The van der Waals surface area contributed by atoms with E-state index in [1.54, 1.807) is 12.1 Å². The van der Waals surface area contributed by atoms with E-state index in [9.17, 15) is 4.79 Å². The molecule has 146 valence electrons. The zero-order valence-corrected chi connectivity index (χ0v) is 17.4. The average Bonchev–Trinajstić information content (AvgIpc) is 2.64. The second kappa shape index (κ2) is 9.83. The van der Waals surface area contributed by atoms with E-state index in [4.69, 9.17) is 32.7 Å². The Morgan fingerprint density at radius 2 is 1.89 bits per heavy atom. The topological polar surface area (TPSA) is 50.8 Å². The lowest BCUT2D eigenvalue weighted by molar-refractivity contribution is 0.0941. The smallest absolute Gasteiger partial charge is 0.251 e. The number of methoxy groups -OCH3 is 1. The molecule has 1 N–H and O–H groups in total. The van der Waals surface area contributed by atoms with Gasteiger partial charge in [-0.2, -0.15) is 0 Å². The highest BCUT2D eigenvalue weighted by molar-refractivity contribution is 6.32. The van der Waals surface area contributed by atoms with Crippen LogP contribution in [0.1, 0.15) is 28.9 Å². The van der Waals surface area contributed by atoms with Crippen molar-refractivity contribution in [1.82, 2.24) is 10.2 Å². The summed E-state index contributed by atoms with van der Waals surface area (Å²) < 4.78 is 10.8. The quantitative estimate of drug-likeness (QED) is 0.698. The summed E-state index contributed by atoms with van der Waals surface area (Å²) in [4.78, 5) is 14.7. The van der Waals surface area contributed by atoms with Crippen LogP contribution in [0.5, 0.6) is 11.5 Å². The van der Waals surface area contributed by atoms with Crippen molar-refractivity contribution in [2.24, 2.45) is 0 Å². The number of nitrogens with one attached hydrogen (secondary N) is 1. The summed E-state index contributed by atoms with van der Waals surface area (Å²) in [5, 5.41) is 3.94. The van der Waals surface area contributed by atoms with Crippen molar-refractivity contribution in [3.63, 3.8) is 0 Å². The molecule has 2 aromatic carbocycles. The van der Waals surface area contributed by atoms with Gasteiger partial charge in [-0.1, -0.05) is 41.4 Å². The molecule has 0 aliphatic rings. The number of carbonyl (C=O) groups excluding carboxylic acids is 1. The second-order valence-corrected chi connectivity index (χ2v) is 6.95. The van der Waals surface area contributed by atoms with Crippen LogP contribution in [0.4, 0.5) is 0 Å². The first-order chi connectivity index (χ1) is 12.9. The third-order valence-electron chi connectivity index (χ3n) is 4.12. The van der Waals surface area contributed by atoms with Gasteiger partial charge in [-0.15, -0.1) is 0 Å². The summed E-state index contributed by atoms with van der Waals surface area (Å²) in [5.41, 5.74) is 1.35. The van der Waals surface area contributed by atoms with E-state index in [1.807, 2.05) is 50.2 Å². The highest BCUT2D eigenvalue weighted by atomic mass is 35.5. The van der Waals surface area contributed by atoms with Crippen LogP contribution in [0.25, 0.3) is 0 Å². The number of likely N-dealkylation sites (N-methyl/N-ethyl adjacent to an activating group) is 1. The molecule has 1 amide bonds. The molecule has 0 spiro atoms. The molecule has 5 nitrogen and oxygen atoms in total. The Morgan fingerprint density at radius 1 is 1.19 bits per heavy atom. The van der Waals surface area contributed by atoms with Crippen LogP contribution in [-0.4, -0.2) is 45.2 Å². The SMILES string of the molecule is CCOc1c(Cl)cc(C(=O)NCC(c2ccccc2Cl)N(C)C)cc1OC. The van der Waals surface area contributed by atoms with Crippen molar-refractivity contribution in [2.75, 3.05) is 34.4 Å². The highest BCUT2D eigenvalue weighted by Gasteiger charge is 2.20. The molecular formula is C20H24Cl2N2O3. The molecule has 2 aromatic rings. The van der Waals surface area contributed by atoms with Crippen LogP contribution in [-0.2, 0) is 0 Å². The fourth-order valence-electron chi connectivity index (χ4n) is 2.74. The molecule has 27 heavy (non-hydrogen) atoms.